The fourth-order valence-electron chi connectivity index (χ4n) is 5.54. The van der Waals surface area contributed by atoms with E-state index in [4.69, 9.17) is 14.2 Å². The zero-order valence-electron chi connectivity index (χ0n) is 24.8. The van der Waals surface area contributed by atoms with Crippen LogP contribution in [0.4, 0.5) is 4.79 Å². The lowest BCUT2D eigenvalue weighted by Gasteiger charge is -2.39. The summed E-state index contributed by atoms with van der Waals surface area (Å²) in [5.41, 5.74) is 3.94. The molecule has 42 heavy (non-hydrogen) atoms. The monoisotopic (exact) mass is 565 g/mol. The van der Waals surface area contributed by atoms with Gasteiger partial charge in [-0.1, -0.05) is 72.8 Å². The van der Waals surface area contributed by atoms with E-state index in [1.807, 2.05) is 70.2 Å². The molecule has 1 aliphatic rings. The van der Waals surface area contributed by atoms with Crippen molar-refractivity contribution in [2.45, 2.75) is 58.3 Å². The van der Waals surface area contributed by atoms with Crippen molar-refractivity contribution in [3.63, 3.8) is 0 Å². The molecular formula is C36H39NO5. The minimum Gasteiger partial charge on any atom is -0.462 e. The first-order valence-corrected chi connectivity index (χ1v) is 14.7. The van der Waals surface area contributed by atoms with Crippen molar-refractivity contribution in [1.82, 2.24) is 4.90 Å². The Morgan fingerprint density at radius 2 is 1.60 bits per heavy atom. The van der Waals surface area contributed by atoms with E-state index >= 15 is 0 Å². The molecule has 5 rings (SSSR count). The number of fused-ring (bicyclic) bond motifs is 1. The fraction of sp³-hybridized carbons (Fsp3) is 0.333. The van der Waals surface area contributed by atoms with E-state index in [0.29, 0.717) is 31.7 Å². The third-order valence-electron chi connectivity index (χ3n) is 7.54. The van der Waals surface area contributed by atoms with E-state index in [-0.39, 0.29) is 30.7 Å². The van der Waals surface area contributed by atoms with Crippen molar-refractivity contribution in [2.75, 3.05) is 19.7 Å². The molecule has 0 spiro atoms. The Bertz CT molecular complexity index is 1540. The van der Waals surface area contributed by atoms with Crippen LogP contribution in [-0.2, 0) is 20.8 Å². The highest BCUT2D eigenvalue weighted by molar-refractivity contribution is 5.92. The lowest BCUT2D eigenvalue weighted by molar-refractivity contribution is -0.0361. The van der Waals surface area contributed by atoms with Gasteiger partial charge in [-0.3, -0.25) is 0 Å². The number of ether oxygens (including phenoxy) is 3. The maximum atomic E-state index is 13.1. The first kappa shape index (κ1) is 29.3. The fourth-order valence-corrected chi connectivity index (χ4v) is 5.54. The zero-order valence-corrected chi connectivity index (χ0v) is 24.8. The Morgan fingerprint density at radius 1 is 0.857 bits per heavy atom. The van der Waals surface area contributed by atoms with Crippen molar-refractivity contribution in [2.24, 2.45) is 0 Å². The third kappa shape index (κ3) is 7.00. The summed E-state index contributed by atoms with van der Waals surface area (Å²) >= 11 is 0. The SMILES string of the molecule is CCOC(=O)c1ccc(-c2ccccc2)cc1C1CCN(C(=O)OC(C)(C)C)CC1OCc1ccc2ccccc2c1. The maximum absolute atomic E-state index is 13.1. The van der Waals surface area contributed by atoms with Gasteiger partial charge >= 0.3 is 12.1 Å². The number of likely N-dealkylation sites (tertiary alicyclic amines) is 1. The van der Waals surface area contributed by atoms with Gasteiger partial charge in [0.1, 0.15) is 5.60 Å². The predicted octanol–water partition coefficient (Wildman–Crippen LogP) is 7.99. The molecule has 0 aromatic heterocycles. The Balaban J connectivity index is 1.49. The van der Waals surface area contributed by atoms with Crippen LogP contribution in [0.2, 0.25) is 0 Å². The molecule has 2 unspecified atom stereocenters. The molecule has 6 heteroatoms. The Labute approximate surface area is 248 Å². The molecule has 0 N–H and O–H groups in total. The van der Waals surface area contributed by atoms with Gasteiger partial charge in [-0.2, -0.15) is 0 Å². The van der Waals surface area contributed by atoms with Gasteiger partial charge in [-0.15, -0.1) is 0 Å². The van der Waals surface area contributed by atoms with Crippen molar-refractivity contribution >= 4 is 22.8 Å². The van der Waals surface area contributed by atoms with E-state index < -0.39 is 5.60 Å². The number of carbonyl (C=O) groups excluding carboxylic acids is 2. The van der Waals surface area contributed by atoms with Crippen molar-refractivity contribution in [3.05, 3.63) is 108 Å². The van der Waals surface area contributed by atoms with Gasteiger partial charge in [0.25, 0.3) is 0 Å². The summed E-state index contributed by atoms with van der Waals surface area (Å²) < 4.78 is 17.8. The highest BCUT2D eigenvalue weighted by atomic mass is 16.6. The van der Waals surface area contributed by atoms with Crippen LogP contribution in [0.25, 0.3) is 21.9 Å². The molecule has 218 valence electrons. The van der Waals surface area contributed by atoms with Crippen LogP contribution < -0.4 is 0 Å². The standard InChI is InChI=1S/C36H39NO5/c1-5-40-34(38)31-18-17-29(26-11-7-6-8-12-26)22-32(31)30-19-20-37(35(39)42-36(2,3)4)23-33(30)41-24-25-15-16-27-13-9-10-14-28(27)21-25/h6-18,21-22,30,33H,5,19-20,23-24H2,1-4H3. The zero-order chi connectivity index (χ0) is 29.7. The van der Waals surface area contributed by atoms with E-state index in [2.05, 4.69) is 48.5 Å². The molecule has 4 aromatic carbocycles. The molecule has 1 amide bonds. The largest absolute Gasteiger partial charge is 0.462 e. The molecule has 1 saturated heterocycles. The first-order chi connectivity index (χ1) is 20.2. The van der Waals surface area contributed by atoms with Crippen LogP contribution in [0.15, 0.2) is 91.0 Å². The molecular weight excluding hydrogens is 526 g/mol. The Hall–Kier alpha value is -4.16. The highest BCUT2D eigenvalue weighted by Crippen LogP contribution is 2.36. The van der Waals surface area contributed by atoms with Gasteiger partial charge in [0, 0.05) is 12.5 Å². The lowest BCUT2D eigenvalue weighted by Crippen LogP contribution is -2.48. The first-order valence-electron chi connectivity index (χ1n) is 14.7. The van der Waals surface area contributed by atoms with Crippen molar-refractivity contribution in [1.29, 1.82) is 0 Å². The molecule has 1 fully saturated rings. The number of hydrogen-bond acceptors (Lipinski definition) is 5. The van der Waals surface area contributed by atoms with E-state index in [1.165, 1.54) is 5.39 Å². The minimum atomic E-state index is -0.601. The molecule has 1 aliphatic heterocycles. The topological polar surface area (TPSA) is 65.1 Å². The number of piperidine rings is 1. The van der Waals surface area contributed by atoms with Crippen LogP contribution in [0.3, 0.4) is 0 Å². The molecule has 0 radical (unpaired) electrons. The van der Waals surface area contributed by atoms with Gasteiger partial charge in [-0.25, -0.2) is 9.59 Å². The minimum absolute atomic E-state index is 0.132. The summed E-state index contributed by atoms with van der Waals surface area (Å²) in [6.45, 7) is 8.92. The summed E-state index contributed by atoms with van der Waals surface area (Å²) in [5, 5.41) is 2.32. The number of benzene rings is 4. The second-order valence-corrected chi connectivity index (χ2v) is 11.7. The summed E-state index contributed by atoms with van der Waals surface area (Å²) in [5.74, 6) is -0.484. The number of esters is 1. The summed E-state index contributed by atoms with van der Waals surface area (Å²) in [6, 6.07) is 30.6. The van der Waals surface area contributed by atoms with Crippen LogP contribution in [0, 0.1) is 0 Å². The van der Waals surface area contributed by atoms with Crippen LogP contribution >= 0.6 is 0 Å². The molecule has 0 bridgehead atoms. The van der Waals surface area contributed by atoms with Crippen LogP contribution in [0.5, 0.6) is 0 Å². The molecule has 4 aromatic rings. The summed E-state index contributed by atoms with van der Waals surface area (Å²) in [6.07, 6.45) is -0.104. The van der Waals surface area contributed by atoms with E-state index in [9.17, 15) is 9.59 Å². The smallest absolute Gasteiger partial charge is 0.410 e. The van der Waals surface area contributed by atoms with Crippen molar-refractivity contribution < 1.29 is 23.8 Å². The van der Waals surface area contributed by atoms with E-state index in [0.717, 1.165) is 27.6 Å². The van der Waals surface area contributed by atoms with Gasteiger partial charge < -0.3 is 19.1 Å². The highest BCUT2D eigenvalue weighted by Gasteiger charge is 2.37. The second-order valence-electron chi connectivity index (χ2n) is 11.7. The third-order valence-corrected chi connectivity index (χ3v) is 7.54. The van der Waals surface area contributed by atoms with Gasteiger partial charge in [0.15, 0.2) is 0 Å². The van der Waals surface area contributed by atoms with Crippen LogP contribution in [-0.4, -0.2) is 48.4 Å². The summed E-state index contributed by atoms with van der Waals surface area (Å²) in [7, 11) is 0. The van der Waals surface area contributed by atoms with Gasteiger partial charge in [-0.05, 0) is 85.3 Å². The second kappa shape index (κ2) is 12.8. The van der Waals surface area contributed by atoms with Gasteiger partial charge in [0.05, 0.1) is 31.4 Å². The molecule has 6 nitrogen and oxygen atoms in total. The summed E-state index contributed by atoms with van der Waals surface area (Å²) in [4.78, 5) is 28.0. The maximum Gasteiger partial charge on any atom is 0.410 e. The van der Waals surface area contributed by atoms with Gasteiger partial charge in [0.2, 0.25) is 0 Å². The number of amides is 1. The Kier molecular flexibility index (Phi) is 8.93. The lowest BCUT2D eigenvalue weighted by atomic mass is 9.82. The number of hydrogen-bond donors (Lipinski definition) is 0. The number of rotatable bonds is 7. The molecule has 2 atom stereocenters. The Morgan fingerprint density at radius 3 is 2.33 bits per heavy atom. The quantitative estimate of drug-likeness (QED) is 0.213. The predicted molar refractivity (Wildman–Crippen MR) is 166 cm³/mol. The average molecular weight is 566 g/mol. The van der Waals surface area contributed by atoms with E-state index in [1.54, 1.807) is 4.90 Å². The molecule has 0 saturated carbocycles. The molecule has 0 aliphatic carbocycles. The average Bonchev–Trinajstić information content (AvgIpc) is 2.99. The number of nitrogens with zero attached hydrogens (tertiary/aromatic N) is 1. The molecule has 1 heterocycles. The number of carbonyl (C=O) groups is 2. The van der Waals surface area contributed by atoms with Crippen LogP contribution in [0.1, 0.15) is 61.5 Å². The normalized spacial score (nSPS) is 17.2. The van der Waals surface area contributed by atoms with Crippen molar-refractivity contribution in [3.8, 4) is 11.1 Å².